The van der Waals surface area contributed by atoms with Crippen molar-refractivity contribution in [1.29, 1.82) is 5.26 Å². The lowest BCUT2D eigenvalue weighted by molar-refractivity contribution is -0.112. The number of carbonyl (C=O) groups is 1. The molecule has 22 heavy (non-hydrogen) atoms. The molecule has 0 aliphatic carbocycles. The van der Waals surface area contributed by atoms with E-state index in [0.717, 1.165) is 3.57 Å². The zero-order chi connectivity index (χ0) is 16.1. The van der Waals surface area contributed by atoms with Crippen LogP contribution in [0.25, 0.3) is 6.08 Å². The Morgan fingerprint density at radius 2 is 2.09 bits per heavy atom. The molecule has 0 saturated carbocycles. The van der Waals surface area contributed by atoms with Crippen LogP contribution in [0.15, 0.2) is 52.5 Å². The number of nitrogens with zero attached hydrogens (tertiary/aromatic N) is 1. The van der Waals surface area contributed by atoms with Crippen LogP contribution in [0.5, 0.6) is 5.75 Å². The highest BCUT2D eigenvalue weighted by Crippen LogP contribution is 2.25. The van der Waals surface area contributed by atoms with E-state index in [2.05, 4.69) is 43.8 Å². The number of hydrogen-bond acceptors (Lipinski definition) is 3. The normalized spacial score (nSPS) is 10.9. The summed E-state index contributed by atoms with van der Waals surface area (Å²) in [6, 6.07) is 13.9. The number of phenols is 1. The van der Waals surface area contributed by atoms with Crippen molar-refractivity contribution >= 4 is 56.2 Å². The van der Waals surface area contributed by atoms with E-state index < -0.39 is 5.91 Å². The fraction of sp³-hybridized carbons (Fsp3) is 0. The number of anilines is 1. The van der Waals surface area contributed by atoms with Crippen molar-refractivity contribution in [2.45, 2.75) is 0 Å². The molecule has 2 aromatic carbocycles. The van der Waals surface area contributed by atoms with Crippen LogP contribution in [0.4, 0.5) is 5.69 Å². The molecule has 0 heterocycles. The molecule has 0 unspecified atom stereocenters. The van der Waals surface area contributed by atoms with Gasteiger partial charge in [0.2, 0.25) is 0 Å². The molecule has 0 atom stereocenters. The molecule has 0 aromatic heterocycles. The van der Waals surface area contributed by atoms with Gasteiger partial charge < -0.3 is 10.4 Å². The average Bonchev–Trinajstić information content (AvgIpc) is 2.48. The number of nitrogens with one attached hydrogen (secondary N) is 1. The third kappa shape index (κ3) is 4.32. The lowest BCUT2D eigenvalue weighted by Gasteiger charge is -2.05. The van der Waals surface area contributed by atoms with Crippen LogP contribution in [0.3, 0.4) is 0 Å². The fourth-order valence-electron chi connectivity index (χ4n) is 1.69. The molecule has 0 fully saturated rings. The topological polar surface area (TPSA) is 73.1 Å². The van der Waals surface area contributed by atoms with Crippen LogP contribution >= 0.6 is 38.5 Å². The third-order valence-electron chi connectivity index (χ3n) is 2.73. The van der Waals surface area contributed by atoms with Crippen molar-refractivity contribution in [2.75, 3.05) is 5.32 Å². The summed E-state index contributed by atoms with van der Waals surface area (Å²) in [5, 5.41) is 21.3. The first-order chi connectivity index (χ1) is 10.5. The molecule has 0 saturated heterocycles. The molecular formula is C16H10BrIN2O2. The van der Waals surface area contributed by atoms with Crippen LogP contribution in [-0.4, -0.2) is 11.0 Å². The van der Waals surface area contributed by atoms with Crippen LogP contribution in [0.1, 0.15) is 5.56 Å². The molecule has 2 rings (SSSR count). The summed E-state index contributed by atoms with van der Waals surface area (Å²) in [7, 11) is 0. The van der Waals surface area contributed by atoms with Crippen LogP contribution in [0, 0.1) is 14.9 Å². The first-order valence-corrected chi connectivity index (χ1v) is 8.04. The molecule has 2 N–H and O–H groups in total. The van der Waals surface area contributed by atoms with Gasteiger partial charge in [-0.1, -0.05) is 12.1 Å². The molecular weight excluding hydrogens is 459 g/mol. The molecule has 0 bridgehead atoms. The summed E-state index contributed by atoms with van der Waals surface area (Å²) in [6.07, 6.45) is 1.47. The van der Waals surface area contributed by atoms with Gasteiger partial charge in [-0.15, -0.1) is 0 Å². The van der Waals surface area contributed by atoms with E-state index in [4.69, 9.17) is 0 Å². The number of nitriles is 1. The summed E-state index contributed by atoms with van der Waals surface area (Å²) in [5.41, 5.74) is 1.25. The first-order valence-electron chi connectivity index (χ1n) is 6.17. The van der Waals surface area contributed by atoms with E-state index in [0.29, 0.717) is 15.7 Å². The smallest absolute Gasteiger partial charge is 0.266 e. The van der Waals surface area contributed by atoms with E-state index in [1.165, 1.54) is 12.1 Å². The van der Waals surface area contributed by atoms with Gasteiger partial charge in [-0.2, -0.15) is 5.26 Å². The number of hydrogen-bond donors (Lipinski definition) is 2. The summed E-state index contributed by atoms with van der Waals surface area (Å²) in [4.78, 5) is 12.1. The minimum Gasteiger partial charge on any atom is -0.507 e. The molecule has 2 aromatic rings. The van der Waals surface area contributed by atoms with E-state index in [-0.39, 0.29) is 11.3 Å². The van der Waals surface area contributed by atoms with Gasteiger partial charge in [0.05, 0.1) is 4.47 Å². The SMILES string of the molecule is N#C/C(=C\c1ccc(O)c(Br)c1)C(=O)Nc1cccc(I)c1. The number of aromatic hydroxyl groups is 1. The maximum Gasteiger partial charge on any atom is 0.266 e. The van der Waals surface area contributed by atoms with E-state index in [1.807, 2.05) is 24.3 Å². The Kier molecular flexibility index (Phi) is 5.57. The molecule has 6 heteroatoms. The third-order valence-corrected chi connectivity index (χ3v) is 4.04. The van der Waals surface area contributed by atoms with Crippen molar-refractivity contribution in [1.82, 2.24) is 0 Å². The molecule has 0 spiro atoms. The Morgan fingerprint density at radius 1 is 1.32 bits per heavy atom. The number of benzene rings is 2. The van der Waals surface area contributed by atoms with Gasteiger partial charge in [0, 0.05) is 9.26 Å². The number of phenolic OH excluding ortho intramolecular Hbond substituents is 1. The van der Waals surface area contributed by atoms with Crippen LogP contribution in [0.2, 0.25) is 0 Å². The minimum absolute atomic E-state index is 0.0172. The van der Waals surface area contributed by atoms with Crippen molar-refractivity contribution in [3.63, 3.8) is 0 Å². The second-order valence-corrected chi connectivity index (χ2v) is 6.45. The fourth-order valence-corrected chi connectivity index (χ4v) is 2.63. The largest absolute Gasteiger partial charge is 0.507 e. The Labute approximate surface area is 149 Å². The zero-order valence-electron chi connectivity index (χ0n) is 11.2. The Bertz CT molecular complexity index is 797. The molecule has 4 nitrogen and oxygen atoms in total. The first kappa shape index (κ1) is 16.5. The monoisotopic (exact) mass is 468 g/mol. The van der Waals surface area contributed by atoms with Crippen LogP contribution in [-0.2, 0) is 4.79 Å². The summed E-state index contributed by atoms with van der Waals surface area (Å²) in [5.74, 6) is -0.382. The highest BCUT2D eigenvalue weighted by Gasteiger charge is 2.10. The van der Waals surface area contributed by atoms with E-state index in [1.54, 1.807) is 18.2 Å². The number of amides is 1. The Morgan fingerprint density at radius 3 is 2.73 bits per heavy atom. The molecule has 0 aliphatic rings. The standard InChI is InChI=1S/C16H10BrIN2O2/c17-14-7-10(4-5-15(14)21)6-11(9-19)16(22)20-13-3-1-2-12(18)8-13/h1-8,21H,(H,20,22)/b11-6+. The van der Waals surface area contributed by atoms with Crippen molar-refractivity contribution in [3.05, 3.63) is 61.6 Å². The van der Waals surface area contributed by atoms with Crippen molar-refractivity contribution < 1.29 is 9.90 Å². The van der Waals surface area contributed by atoms with Gasteiger partial charge in [0.15, 0.2) is 0 Å². The molecule has 1 amide bonds. The maximum absolute atomic E-state index is 12.1. The molecule has 0 aliphatic heterocycles. The molecule has 0 radical (unpaired) electrons. The second kappa shape index (κ2) is 7.42. The second-order valence-electron chi connectivity index (χ2n) is 4.35. The summed E-state index contributed by atoms with van der Waals surface area (Å²) < 4.78 is 1.48. The maximum atomic E-state index is 12.1. The van der Waals surface area contributed by atoms with Crippen LogP contribution < -0.4 is 5.32 Å². The molecule has 110 valence electrons. The number of rotatable bonds is 3. The Hall–Kier alpha value is -1.85. The highest BCUT2D eigenvalue weighted by atomic mass is 127. The van der Waals surface area contributed by atoms with Gasteiger partial charge >= 0.3 is 0 Å². The van der Waals surface area contributed by atoms with Crippen molar-refractivity contribution in [3.8, 4) is 11.8 Å². The predicted octanol–water partition coefficient (Wildman–Crippen LogP) is 4.30. The summed E-state index contributed by atoms with van der Waals surface area (Å²) >= 11 is 5.34. The van der Waals surface area contributed by atoms with Gasteiger partial charge in [-0.3, -0.25) is 4.79 Å². The quantitative estimate of drug-likeness (QED) is 0.400. The average molecular weight is 469 g/mol. The van der Waals surface area contributed by atoms with Gasteiger partial charge in [-0.05, 0) is 80.5 Å². The zero-order valence-corrected chi connectivity index (χ0v) is 14.9. The Balaban J connectivity index is 2.23. The lowest BCUT2D eigenvalue weighted by Crippen LogP contribution is -2.13. The summed E-state index contributed by atoms with van der Waals surface area (Å²) in [6.45, 7) is 0. The number of carbonyl (C=O) groups excluding carboxylic acids is 1. The highest BCUT2D eigenvalue weighted by molar-refractivity contribution is 14.1. The predicted molar refractivity (Wildman–Crippen MR) is 97.2 cm³/mol. The van der Waals surface area contributed by atoms with E-state index >= 15 is 0 Å². The van der Waals surface area contributed by atoms with Gasteiger partial charge in [0.1, 0.15) is 17.4 Å². The number of halogens is 2. The van der Waals surface area contributed by atoms with E-state index in [9.17, 15) is 15.2 Å². The van der Waals surface area contributed by atoms with Crippen molar-refractivity contribution in [2.24, 2.45) is 0 Å². The van der Waals surface area contributed by atoms with Gasteiger partial charge in [0.25, 0.3) is 5.91 Å². The minimum atomic E-state index is -0.478. The lowest BCUT2D eigenvalue weighted by atomic mass is 10.1. The van der Waals surface area contributed by atoms with Gasteiger partial charge in [-0.25, -0.2) is 0 Å².